The van der Waals surface area contributed by atoms with E-state index in [1.165, 1.54) is 12.1 Å². The summed E-state index contributed by atoms with van der Waals surface area (Å²) in [6.45, 7) is 3.67. The molecule has 1 heterocycles. The number of benzene rings is 2. The molecule has 0 spiro atoms. The van der Waals surface area contributed by atoms with Crippen LogP contribution in [0.4, 0.5) is 4.39 Å². The second kappa shape index (κ2) is 6.97. The molecule has 0 saturated carbocycles. The lowest BCUT2D eigenvalue weighted by Gasteiger charge is -2.36. The van der Waals surface area contributed by atoms with E-state index in [0.29, 0.717) is 10.0 Å². The van der Waals surface area contributed by atoms with E-state index in [4.69, 9.17) is 23.2 Å². The number of piperazine rings is 1. The summed E-state index contributed by atoms with van der Waals surface area (Å²) in [7, 11) is 0. The van der Waals surface area contributed by atoms with Crippen molar-refractivity contribution in [2.24, 2.45) is 0 Å². The topological polar surface area (TPSA) is 15.3 Å². The second-order valence-corrected chi connectivity index (χ2v) is 6.17. The van der Waals surface area contributed by atoms with Gasteiger partial charge in [0.2, 0.25) is 0 Å². The van der Waals surface area contributed by atoms with Gasteiger partial charge < -0.3 is 5.32 Å². The summed E-state index contributed by atoms with van der Waals surface area (Å²) >= 11 is 12.6. The molecule has 0 radical (unpaired) electrons. The van der Waals surface area contributed by atoms with Crippen LogP contribution in [0, 0.1) is 5.82 Å². The van der Waals surface area contributed by atoms with Crippen LogP contribution in [0.25, 0.3) is 0 Å². The van der Waals surface area contributed by atoms with E-state index in [1.54, 1.807) is 6.07 Å². The summed E-state index contributed by atoms with van der Waals surface area (Å²) in [5, 5.41) is 4.46. The van der Waals surface area contributed by atoms with Gasteiger partial charge in [-0.3, -0.25) is 4.90 Å². The summed E-state index contributed by atoms with van der Waals surface area (Å²) in [5.41, 5.74) is 1.98. The molecule has 1 unspecified atom stereocenters. The van der Waals surface area contributed by atoms with E-state index in [0.717, 1.165) is 37.3 Å². The number of nitrogens with zero attached hydrogens (tertiary/aromatic N) is 1. The molecular weight excluding hydrogens is 322 g/mol. The summed E-state index contributed by atoms with van der Waals surface area (Å²) in [6, 6.07) is 12.3. The van der Waals surface area contributed by atoms with E-state index < -0.39 is 0 Å². The maximum absolute atomic E-state index is 13.3. The molecule has 1 fully saturated rings. The van der Waals surface area contributed by atoms with Gasteiger partial charge in [0.05, 0.1) is 16.1 Å². The largest absolute Gasteiger partial charge is 0.314 e. The zero-order valence-electron chi connectivity index (χ0n) is 12.0. The molecular formula is C17H17Cl2FN2. The Bertz CT molecular complexity index is 640. The first-order valence-corrected chi connectivity index (χ1v) is 8.06. The minimum Gasteiger partial charge on any atom is -0.314 e. The first kappa shape index (κ1) is 15.8. The average molecular weight is 339 g/mol. The third-order valence-corrected chi connectivity index (χ3v) is 4.81. The van der Waals surface area contributed by atoms with Crippen LogP contribution in [0.2, 0.25) is 10.0 Å². The van der Waals surface area contributed by atoms with Crippen molar-refractivity contribution in [2.75, 3.05) is 26.2 Å². The third-order valence-electron chi connectivity index (χ3n) is 3.98. The molecule has 1 aliphatic heterocycles. The lowest BCUT2D eigenvalue weighted by molar-refractivity contribution is 0.198. The fourth-order valence-corrected chi connectivity index (χ4v) is 3.32. The molecule has 3 rings (SSSR count). The molecule has 0 amide bonds. The van der Waals surface area contributed by atoms with Crippen molar-refractivity contribution >= 4 is 23.2 Å². The Kier molecular flexibility index (Phi) is 4.99. The monoisotopic (exact) mass is 338 g/mol. The Morgan fingerprint density at radius 3 is 2.36 bits per heavy atom. The highest BCUT2D eigenvalue weighted by Gasteiger charge is 2.26. The maximum atomic E-state index is 13.3. The number of halogens is 3. The Labute approximate surface area is 139 Å². The summed E-state index contributed by atoms with van der Waals surface area (Å²) in [6.07, 6.45) is 0. The second-order valence-electron chi connectivity index (χ2n) is 5.38. The van der Waals surface area contributed by atoms with Crippen LogP contribution in [-0.2, 0) is 0 Å². The highest BCUT2D eigenvalue weighted by molar-refractivity contribution is 6.42. The van der Waals surface area contributed by atoms with E-state index >= 15 is 0 Å². The van der Waals surface area contributed by atoms with Gasteiger partial charge in [-0.1, -0.05) is 47.5 Å². The van der Waals surface area contributed by atoms with E-state index in [9.17, 15) is 4.39 Å². The molecule has 0 bridgehead atoms. The number of hydrogen-bond donors (Lipinski definition) is 1. The van der Waals surface area contributed by atoms with Crippen molar-refractivity contribution in [2.45, 2.75) is 6.04 Å². The molecule has 22 heavy (non-hydrogen) atoms. The van der Waals surface area contributed by atoms with Crippen molar-refractivity contribution in [3.05, 3.63) is 69.5 Å². The van der Waals surface area contributed by atoms with Gasteiger partial charge in [-0.05, 0) is 29.3 Å². The van der Waals surface area contributed by atoms with Crippen molar-refractivity contribution in [1.29, 1.82) is 0 Å². The van der Waals surface area contributed by atoms with Crippen LogP contribution in [0.1, 0.15) is 17.2 Å². The van der Waals surface area contributed by atoms with Crippen molar-refractivity contribution < 1.29 is 4.39 Å². The quantitative estimate of drug-likeness (QED) is 0.905. The fraction of sp³-hybridized carbons (Fsp3) is 0.294. The molecule has 0 aromatic heterocycles. The predicted molar refractivity (Wildman–Crippen MR) is 89.1 cm³/mol. The zero-order chi connectivity index (χ0) is 15.5. The van der Waals surface area contributed by atoms with E-state index in [2.05, 4.69) is 10.2 Å². The van der Waals surface area contributed by atoms with E-state index in [1.807, 2.05) is 24.3 Å². The number of rotatable bonds is 3. The summed E-state index contributed by atoms with van der Waals surface area (Å²) in [4.78, 5) is 2.35. The van der Waals surface area contributed by atoms with Gasteiger partial charge in [-0.15, -0.1) is 0 Å². The van der Waals surface area contributed by atoms with Crippen LogP contribution in [-0.4, -0.2) is 31.1 Å². The Morgan fingerprint density at radius 1 is 1.00 bits per heavy atom. The Hall–Kier alpha value is -1.13. The fourth-order valence-electron chi connectivity index (χ4n) is 2.90. The van der Waals surface area contributed by atoms with Crippen LogP contribution in [0.15, 0.2) is 42.5 Å². The minimum absolute atomic E-state index is 0.0195. The summed E-state index contributed by atoms with van der Waals surface area (Å²) < 4.78 is 13.3. The van der Waals surface area contributed by atoms with Crippen LogP contribution < -0.4 is 5.32 Å². The van der Waals surface area contributed by atoms with Crippen molar-refractivity contribution in [3.63, 3.8) is 0 Å². The molecule has 2 aromatic rings. The van der Waals surface area contributed by atoms with Crippen molar-refractivity contribution in [1.82, 2.24) is 10.2 Å². The first-order valence-electron chi connectivity index (χ1n) is 7.31. The third kappa shape index (κ3) is 3.28. The van der Waals surface area contributed by atoms with Gasteiger partial charge in [0.25, 0.3) is 0 Å². The van der Waals surface area contributed by atoms with Gasteiger partial charge in [0.15, 0.2) is 0 Å². The normalized spacial score (nSPS) is 17.4. The molecule has 2 nitrogen and oxygen atoms in total. The molecule has 1 aliphatic rings. The lowest BCUT2D eigenvalue weighted by atomic mass is 9.96. The highest BCUT2D eigenvalue weighted by Crippen LogP contribution is 2.36. The molecule has 1 N–H and O–H groups in total. The van der Waals surface area contributed by atoms with Gasteiger partial charge in [-0.2, -0.15) is 0 Å². The van der Waals surface area contributed by atoms with Crippen LogP contribution in [0.3, 0.4) is 0 Å². The van der Waals surface area contributed by atoms with Crippen LogP contribution >= 0.6 is 23.2 Å². The highest BCUT2D eigenvalue weighted by atomic mass is 35.5. The first-order chi connectivity index (χ1) is 10.7. The molecule has 1 saturated heterocycles. The number of nitrogens with one attached hydrogen (secondary N) is 1. The van der Waals surface area contributed by atoms with E-state index in [-0.39, 0.29) is 11.9 Å². The molecule has 0 aliphatic carbocycles. The Morgan fingerprint density at radius 2 is 1.68 bits per heavy atom. The average Bonchev–Trinajstić information content (AvgIpc) is 2.54. The molecule has 2 aromatic carbocycles. The summed E-state index contributed by atoms with van der Waals surface area (Å²) in [5.74, 6) is -0.236. The smallest absolute Gasteiger partial charge is 0.123 e. The predicted octanol–water partition coefficient (Wildman–Crippen LogP) is 4.13. The SMILES string of the molecule is Fc1ccc(C(c2cccc(Cl)c2Cl)N2CCNCC2)cc1. The van der Waals surface area contributed by atoms with Crippen molar-refractivity contribution in [3.8, 4) is 0 Å². The minimum atomic E-state index is -0.236. The van der Waals surface area contributed by atoms with Gasteiger partial charge in [0.1, 0.15) is 5.82 Å². The molecule has 5 heteroatoms. The van der Waals surface area contributed by atoms with Gasteiger partial charge in [0, 0.05) is 26.2 Å². The van der Waals surface area contributed by atoms with Gasteiger partial charge in [-0.25, -0.2) is 4.39 Å². The van der Waals surface area contributed by atoms with Gasteiger partial charge >= 0.3 is 0 Å². The standard InChI is InChI=1S/C17H17Cl2FN2/c18-15-3-1-2-14(16(15)19)17(22-10-8-21-9-11-22)12-4-6-13(20)7-5-12/h1-7,17,21H,8-11H2. The zero-order valence-corrected chi connectivity index (χ0v) is 13.5. The Balaban J connectivity index is 2.05. The molecule has 1 atom stereocenters. The lowest BCUT2D eigenvalue weighted by Crippen LogP contribution is -2.45. The maximum Gasteiger partial charge on any atom is 0.123 e. The van der Waals surface area contributed by atoms with Crippen LogP contribution in [0.5, 0.6) is 0 Å². The number of hydrogen-bond acceptors (Lipinski definition) is 2. The molecule has 116 valence electrons.